The fraction of sp³-hybridized carbons (Fsp3) is 0.515. The van der Waals surface area contributed by atoms with Crippen molar-refractivity contribution in [3.8, 4) is 11.5 Å². The summed E-state index contributed by atoms with van der Waals surface area (Å²) in [5.41, 5.74) is 5.08. The molecule has 1 heterocycles. The van der Waals surface area contributed by atoms with Crippen molar-refractivity contribution in [3.63, 3.8) is 0 Å². The van der Waals surface area contributed by atoms with Crippen LogP contribution < -0.4 is 15.8 Å². The van der Waals surface area contributed by atoms with E-state index in [1.165, 1.54) is 88.1 Å². The van der Waals surface area contributed by atoms with Crippen molar-refractivity contribution in [3.05, 3.63) is 53.1 Å². The van der Waals surface area contributed by atoms with Gasteiger partial charge in [0.15, 0.2) is 5.75 Å². The van der Waals surface area contributed by atoms with E-state index in [0.717, 1.165) is 25.3 Å². The van der Waals surface area contributed by atoms with Crippen LogP contribution in [-0.4, -0.2) is 46.2 Å². The van der Waals surface area contributed by atoms with E-state index < -0.39 is 17.8 Å². The fourth-order valence-corrected chi connectivity index (χ4v) is 5.09. The van der Waals surface area contributed by atoms with Gasteiger partial charge in [0.25, 0.3) is 0 Å². The van der Waals surface area contributed by atoms with Crippen molar-refractivity contribution < 1.29 is 38.9 Å². The topological polar surface area (TPSA) is 169 Å². The van der Waals surface area contributed by atoms with Gasteiger partial charge in [-0.25, -0.2) is 9.59 Å². The number of nitrogens with one attached hydrogen (secondary N) is 1. The maximum atomic E-state index is 12.7. The number of ether oxygens (including phenoxy) is 2. The maximum absolute atomic E-state index is 12.7. The highest BCUT2D eigenvalue weighted by Crippen LogP contribution is 2.33. The lowest BCUT2D eigenvalue weighted by Gasteiger charge is -2.14. The molecule has 0 bridgehead atoms. The SMILES string of the molecule is CCCCCCCCCCCC1OC1CCCCC(=O)Nc1cc(C(=O)O)ccc1Oc1cc(C(N)=O)cc(C(=O)O)c1. The van der Waals surface area contributed by atoms with Crippen LogP contribution in [0.1, 0.15) is 128 Å². The van der Waals surface area contributed by atoms with Gasteiger partial charge in [-0.05, 0) is 55.7 Å². The van der Waals surface area contributed by atoms with Gasteiger partial charge in [0.2, 0.25) is 11.8 Å². The molecule has 3 rings (SSSR count). The Bertz CT molecular complexity index is 1230. The van der Waals surface area contributed by atoms with Gasteiger partial charge < -0.3 is 30.7 Å². The highest BCUT2D eigenvalue weighted by Gasteiger charge is 2.36. The van der Waals surface area contributed by atoms with E-state index in [9.17, 15) is 29.4 Å². The lowest BCUT2D eigenvalue weighted by molar-refractivity contribution is -0.116. The number of rotatable bonds is 21. The second-order valence-electron chi connectivity index (χ2n) is 11.2. The van der Waals surface area contributed by atoms with Gasteiger partial charge in [0.1, 0.15) is 5.75 Å². The summed E-state index contributed by atoms with van der Waals surface area (Å²) in [7, 11) is 0. The highest BCUT2D eigenvalue weighted by molar-refractivity contribution is 5.98. The normalized spacial score (nSPS) is 15.6. The Balaban J connectivity index is 1.43. The summed E-state index contributed by atoms with van der Waals surface area (Å²) in [6, 6.07) is 7.52. The number of carbonyl (C=O) groups is 4. The number of primary amides is 1. The van der Waals surface area contributed by atoms with E-state index in [2.05, 4.69) is 12.2 Å². The molecule has 43 heavy (non-hydrogen) atoms. The smallest absolute Gasteiger partial charge is 0.335 e. The Morgan fingerprint density at radius 1 is 0.767 bits per heavy atom. The van der Waals surface area contributed by atoms with Gasteiger partial charge >= 0.3 is 11.9 Å². The van der Waals surface area contributed by atoms with Crippen LogP contribution in [0.5, 0.6) is 11.5 Å². The number of carbonyl (C=O) groups excluding carboxylic acids is 2. The summed E-state index contributed by atoms with van der Waals surface area (Å²) in [4.78, 5) is 47.4. The first-order valence-electron chi connectivity index (χ1n) is 15.4. The van der Waals surface area contributed by atoms with Crippen molar-refractivity contribution in [1.82, 2.24) is 0 Å². The number of benzene rings is 2. The quantitative estimate of drug-likeness (QED) is 0.0869. The molecular weight excluding hydrogens is 552 g/mol. The zero-order valence-electron chi connectivity index (χ0n) is 24.9. The summed E-state index contributed by atoms with van der Waals surface area (Å²) in [5.74, 6) is -3.54. The van der Waals surface area contributed by atoms with Gasteiger partial charge in [0.05, 0.1) is 29.0 Å². The largest absolute Gasteiger partial charge is 0.478 e. The number of aromatic carboxylic acids is 2. The molecular formula is C33H44N2O8. The Morgan fingerprint density at radius 3 is 1.95 bits per heavy atom. The molecule has 234 valence electrons. The lowest BCUT2D eigenvalue weighted by Crippen LogP contribution is -2.13. The number of hydrogen-bond acceptors (Lipinski definition) is 6. The molecule has 0 radical (unpaired) electrons. The summed E-state index contributed by atoms with van der Waals surface area (Å²) >= 11 is 0. The molecule has 10 nitrogen and oxygen atoms in total. The van der Waals surface area contributed by atoms with Crippen LogP contribution in [0.4, 0.5) is 5.69 Å². The summed E-state index contributed by atoms with van der Waals surface area (Å²) in [6.07, 6.45) is 16.1. The number of anilines is 1. The fourth-order valence-electron chi connectivity index (χ4n) is 5.09. The van der Waals surface area contributed by atoms with Crippen molar-refractivity contribution in [2.45, 2.75) is 109 Å². The van der Waals surface area contributed by atoms with Crippen LogP contribution in [0, 0.1) is 0 Å². The zero-order chi connectivity index (χ0) is 31.2. The van der Waals surface area contributed by atoms with Crippen LogP contribution >= 0.6 is 0 Å². The summed E-state index contributed by atoms with van der Waals surface area (Å²) < 4.78 is 11.6. The van der Waals surface area contributed by atoms with Crippen LogP contribution in [0.15, 0.2) is 36.4 Å². The van der Waals surface area contributed by atoms with E-state index in [-0.39, 0.29) is 52.3 Å². The van der Waals surface area contributed by atoms with E-state index in [1.54, 1.807) is 0 Å². The lowest BCUT2D eigenvalue weighted by atomic mass is 10.0. The van der Waals surface area contributed by atoms with Gasteiger partial charge in [0, 0.05) is 12.0 Å². The van der Waals surface area contributed by atoms with Crippen LogP contribution in [0.25, 0.3) is 0 Å². The average molecular weight is 597 g/mol. The Labute approximate surface area is 252 Å². The number of carboxylic acid groups (broad SMARTS) is 2. The van der Waals surface area contributed by atoms with E-state index in [1.807, 2.05) is 0 Å². The third-order valence-electron chi connectivity index (χ3n) is 7.59. The number of epoxide rings is 1. The molecule has 10 heteroatoms. The summed E-state index contributed by atoms with van der Waals surface area (Å²) in [5, 5.41) is 21.5. The molecule has 1 fully saturated rings. The first kappa shape index (κ1) is 33.6. The van der Waals surface area contributed by atoms with Crippen LogP contribution in [-0.2, 0) is 9.53 Å². The minimum absolute atomic E-state index is 0.00586. The maximum Gasteiger partial charge on any atom is 0.335 e. The molecule has 0 aromatic heterocycles. The minimum Gasteiger partial charge on any atom is -0.478 e. The van der Waals surface area contributed by atoms with Gasteiger partial charge in [-0.3, -0.25) is 9.59 Å². The number of amides is 2. The molecule has 2 aromatic rings. The molecule has 2 aromatic carbocycles. The molecule has 1 saturated heterocycles. The molecule has 0 saturated carbocycles. The molecule has 0 aliphatic carbocycles. The van der Waals surface area contributed by atoms with Crippen molar-refractivity contribution in [2.75, 3.05) is 5.32 Å². The first-order chi connectivity index (χ1) is 20.7. The van der Waals surface area contributed by atoms with Gasteiger partial charge in [-0.15, -0.1) is 0 Å². The Kier molecular flexibility index (Phi) is 13.5. The monoisotopic (exact) mass is 596 g/mol. The van der Waals surface area contributed by atoms with Crippen LogP contribution in [0.2, 0.25) is 0 Å². The predicted molar refractivity (Wildman–Crippen MR) is 163 cm³/mol. The number of unbranched alkanes of at least 4 members (excludes halogenated alkanes) is 9. The molecule has 0 spiro atoms. The standard InChI is InChI=1S/C33H44N2O8/c1-2-3-4-5-6-7-8-9-10-13-28-29(43-28)14-11-12-15-30(36)35-26-21-22(32(38)39)16-17-27(26)42-25-19-23(31(34)37)18-24(20-25)33(40)41/h16-21,28-29H,2-15H2,1H3,(H2,34,37)(H,35,36)(H,38,39)(H,40,41). The van der Waals surface area contributed by atoms with E-state index >= 15 is 0 Å². The van der Waals surface area contributed by atoms with Gasteiger partial charge in [-0.1, -0.05) is 71.1 Å². The zero-order valence-corrected chi connectivity index (χ0v) is 24.9. The molecule has 2 unspecified atom stereocenters. The Hall–Kier alpha value is -3.92. The third-order valence-corrected chi connectivity index (χ3v) is 7.59. The second-order valence-corrected chi connectivity index (χ2v) is 11.2. The third kappa shape index (κ3) is 11.7. The second kappa shape index (κ2) is 17.3. The molecule has 1 aliphatic rings. The predicted octanol–water partition coefficient (Wildman–Crippen LogP) is 7.16. The van der Waals surface area contributed by atoms with Crippen molar-refractivity contribution in [2.24, 2.45) is 5.73 Å². The molecule has 2 atom stereocenters. The highest BCUT2D eigenvalue weighted by atomic mass is 16.6. The molecule has 1 aliphatic heterocycles. The van der Waals surface area contributed by atoms with Crippen molar-refractivity contribution >= 4 is 29.4 Å². The van der Waals surface area contributed by atoms with E-state index in [4.69, 9.17) is 15.2 Å². The Morgan fingerprint density at radius 2 is 1.35 bits per heavy atom. The number of carboxylic acids is 2. The number of hydrogen-bond donors (Lipinski definition) is 4. The molecule has 2 amide bonds. The minimum atomic E-state index is -1.28. The van der Waals surface area contributed by atoms with Crippen molar-refractivity contribution in [1.29, 1.82) is 0 Å². The van der Waals surface area contributed by atoms with Gasteiger partial charge in [-0.2, -0.15) is 0 Å². The average Bonchev–Trinajstić information content (AvgIpc) is 3.73. The number of nitrogens with two attached hydrogens (primary N) is 1. The first-order valence-corrected chi connectivity index (χ1v) is 15.4. The summed E-state index contributed by atoms with van der Waals surface area (Å²) in [6.45, 7) is 2.24. The van der Waals surface area contributed by atoms with E-state index in [0.29, 0.717) is 12.5 Å². The molecule has 5 N–H and O–H groups in total. The van der Waals surface area contributed by atoms with Crippen LogP contribution in [0.3, 0.4) is 0 Å².